The molecule has 0 spiro atoms. The van der Waals surface area contributed by atoms with Crippen molar-refractivity contribution in [3.8, 4) is 6.07 Å². The van der Waals surface area contributed by atoms with Crippen molar-refractivity contribution in [3.05, 3.63) is 53.3 Å². The molecule has 0 radical (unpaired) electrons. The molecule has 2 aromatic rings. The number of nitriles is 1. The zero-order valence-corrected chi connectivity index (χ0v) is 13.6. The van der Waals surface area contributed by atoms with Crippen LogP contribution < -0.4 is 4.90 Å². The molecule has 0 unspecified atom stereocenters. The number of allylic oxidation sites excluding steroid dienone is 1. The van der Waals surface area contributed by atoms with E-state index in [9.17, 15) is 10.1 Å². The summed E-state index contributed by atoms with van der Waals surface area (Å²) < 4.78 is 0. The van der Waals surface area contributed by atoms with Gasteiger partial charge < -0.3 is 10.0 Å². The first-order valence-corrected chi connectivity index (χ1v) is 7.54. The van der Waals surface area contributed by atoms with Crippen molar-refractivity contribution < 1.29 is 9.90 Å². The highest BCUT2D eigenvalue weighted by atomic mass is 16.4. The normalized spacial score (nSPS) is 11.0. The molecule has 1 aromatic carbocycles. The van der Waals surface area contributed by atoms with E-state index in [1.54, 1.807) is 30.6 Å². The molecule has 0 aliphatic carbocycles. The molecular weight excluding hydrogens is 304 g/mol. The number of carboxylic acids is 1. The summed E-state index contributed by atoms with van der Waals surface area (Å²) in [6.45, 7) is 2.96. The van der Waals surface area contributed by atoms with Gasteiger partial charge in [0.2, 0.25) is 5.95 Å². The molecule has 1 aromatic heterocycles. The Kier molecular flexibility index (Phi) is 5.63. The van der Waals surface area contributed by atoms with E-state index < -0.39 is 5.97 Å². The molecule has 1 heterocycles. The predicted octanol–water partition coefficient (Wildman–Crippen LogP) is 3.09. The van der Waals surface area contributed by atoms with Crippen molar-refractivity contribution in [1.82, 2.24) is 9.97 Å². The minimum absolute atomic E-state index is 0.183. The SMILES string of the molecule is CCCN(C)c1ncc(/C=C(\C#N)c2ccc(C(=O)O)cc2)cn1. The molecule has 0 aliphatic rings. The average Bonchev–Trinajstić information content (AvgIpc) is 2.60. The van der Waals surface area contributed by atoms with Crippen LogP contribution in [0.25, 0.3) is 11.6 Å². The molecule has 24 heavy (non-hydrogen) atoms. The van der Waals surface area contributed by atoms with Gasteiger partial charge in [0.05, 0.1) is 17.2 Å². The highest BCUT2D eigenvalue weighted by Crippen LogP contribution is 2.18. The van der Waals surface area contributed by atoms with Crippen LogP contribution in [0.2, 0.25) is 0 Å². The predicted molar refractivity (Wildman–Crippen MR) is 92.5 cm³/mol. The van der Waals surface area contributed by atoms with Crippen LogP contribution in [-0.2, 0) is 0 Å². The third-order valence-corrected chi connectivity index (χ3v) is 3.43. The van der Waals surface area contributed by atoms with Gasteiger partial charge in [0, 0.05) is 31.5 Å². The summed E-state index contributed by atoms with van der Waals surface area (Å²) >= 11 is 0. The van der Waals surface area contributed by atoms with Crippen LogP contribution in [0.4, 0.5) is 5.95 Å². The van der Waals surface area contributed by atoms with Crippen molar-refractivity contribution in [2.24, 2.45) is 0 Å². The van der Waals surface area contributed by atoms with Crippen LogP contribution in [0, 0.1) is 11.3 Å². The molecule has 2 rings (SSSR count). The lowest BCUT2D eigenvalue weighted by Gasteiger charge is -2.15. The molecule has 1 N–H and O–H groups in total. The van der Waals surface area contributed by atoms with Crippen LogP contribution in [-0.4, -0.2) is 34.6 Å². The van der Waals surface area contributed by atoms with E-state index in [-0.39, 0.29) is 5.56 Å². The van der Waals surface area contributed by atoms with E-state index in [2.05, 4.69) is 23.0 Å². The topological polar surface area (TPSA) is 90.1 Å². The van der Waals surface area contributed by atoms with Crippen molar-refractivity contribution in [3.63, 3.8) is 0 Å². The van der Waals surface area contributed by atoms with E-state index in [1.807, 2.05) is 11.9 Å². The first-order chi connectivity index (χ1) is 11.5. The summed E-state index contributed by atoms with van der Waals surface area (Å²) in [7, 11) is 1.93. The van der Waals surface area contributed by atoms with Crippen molar-refractivity contribution in [1.29, 1.82) is 5.26 Å². The van der Waals surface area contributed by atoms with Crippen LogP contribution in [0.5, 0.6) is 0 Å². The first-order valence-electron chi connectivity index (χ1n) is 7.54. The fraction of sp³-hybridized carbons (Fsp3) is 0.222. The molecule has 0 fully saturated rings. The van der Waals surface area contributed by atoms with Gasteiger partial charge >= 0.3 is 5.97 Å². The second-order valence-corrected chi connectivity index (χ2v) is 5.29. The van der Waals surface area contributed by atoms with Gasteiger partial charge in [0.25, 0.3) is 0 Å². The second-order valence-electron chi connectivity index (χ2n) is 5.29. The molecule has 6 heteroatoms. The number of nitrogens with zero attached hydrogens (tertiary/aromatic N) is 4. The Morgan fingerprint density at radius 1 is 1.25 bits per heavy atom. The number of carboxylic acid groups (broad SMARTS) is 1. The van der Waals surface area contributed by atoms with E-state index in [0.29, 0.717) is 22.6 Å². The Morgan fingerprint density at radius 3 is 2.33 bits per heavy atom. The lowest BCUT2D eigenvalue weighted by Crippen LogP contribution is -2.20. The molecule has 0 saturated carbocycles. The number of aromatic nitrogens is 2. The standard InChI is InChI=1S/C18H18N4O2/c1-3-8-22(2)18-20-11-13(12-21-18)9-16(10-19)14-4-6-15(7-5-14)17(23)24/h4-7,9,11-12H,3,8H2,1-2H3,(H,23,24)/b16-9+. The fourth-order valence-electron chi connectivity index (χ4n) is 2.18. The number of benzene rings is 1. The van der Waals surface area contributed by atoms with Gasteiger partial charge in [-0.3, -0.25) is 0 Å². The number of rotatable bonds is 6. The molecular formula is C18H18N4O2. The molecule has 0 amide bonds. The summed E-state index contributed by atoms with van der Waals surface area (Å²) in [5.74, 6) is -0.359. The third kappa shape index (κ3) is 4.17. The van der Waals surface area contributed by atoms with E-state index in [4.69, 9.17) is 5.11 Å². The zero-order chi connectivity index (χ0) is 17.5. The maximum atomic E-state index is 10.9. The molecule has 0 bridgehead atoms. The lowest BCUT2D eigenvalue weighted by molar-refractivity contribution is 0.0697. The van der Waals surface area contributed by atoms with Gasteiger partial charge in [0.1, 0.15) is 0 Å². The summed E-state index contributed by atoms with van der Waals surface area (Å²) in [5, 5.41) is 18.3. The summed E-state index contributed by atoms with van der Waals surface area (Å²) in [6, 6.07) is 8.30. The van der Waals surface area contributed by atoms with Gasteiger partial charge in [-0.1, -0.05) is 19.1 Å². The highest BCUT2D eigenvalue weighted by Gasteiger charge is 2.06. The molecule has 0 atom stereocenters. The zero-order valence-electron chi connectivity index (χ0n) is 13.6. The smallest absolute Gasteiger partial charge is 0.335 e. The molecule has 6 nitrogen and oxygen atoms in total. The third-order valence-electron chi connectivity index (χ3n) is 3.43. The number of aromatic carboxylic acids is 1. The molecule has 0 saturated heterocycles. The molecule has 0 aliphatic heterocycles. The van der Waals surface area contributed by atoms with Crippen LogP contribution in [0.1, 0.15) is 34.8 Å². The first kappa shape index (κ1) is 17.2. The van der Waals surface area contributed by atoms with Gasteiger partial charge in [0.15, 0.2) is 0 Å². The molecule has 122 valence electrons. The second kappa shape index (κ2) is 7.88. The Balaban J connectivity index is 2.24. The number of hydrogen-bond acceptors (Lipinski definition) is 5. The Labute approximate surface area is 140 Å². The van der Waals surface area contributed by atoms with Crippen LogP contribution in [0.15, 0.2) is 36.7 Å². The largest absolute Gasteiger partial charge is 0.478 e. The fourth-order valence-corrected chi connectivity index (χ4v) is 2.18. The minimum Gasteiger partial charge on any atom is -0.478 e. The number of carbonyl (C=O) groups is 1. The van der Waals surface area contributed by atoms with Crippen molar-refractivity contribution in [2.75, 3.05) is 18.5 Å². The van der Waals surface area contributed by atoms with Crippen LogP contribution >= 0.6 is 0 Å². The average molecular weight is 322 g/mol. The number of anilines is 1. The van der Waals surface area contributed by atoms with E-state index in [0.717, 1.165) is 13.0 Å². The van der Waals surface area contributed by atoms with Gasteiger partial charge in [-0.05, 0) is 30.2 Å². The van der Waals surface area contributed by atoms with E-state index >= 15 is 0 Å². The summed E-state index contributed by atoms with van der Waals surface area (Å²) in [5.41, 5.74) is 1.96. The monoisotopic (exact) mass is 322 g/mol. The Morgan fingerprint density at radius 2 is 1.83 bits per heavy atom. The van der Waals surface area contributed by atoms with Crippen LogP contribution in [0.3, 0.4) is 0 Å². The highest BCUT2D eigenvalue weighted by molar-refractivity contribution is 5.92. The van der Waals surface area contributed by atoms with Gasteiger partial charge in [-0.15, -0.1) is 0 Å². The summed E-state index contributed by atoms with van der Waals surface area (Å²) in [4.78, 5) is 21.4. The quantitative estimate of drug-likeness (QED) is 0.822. The van der Waals surface area contributed by atoms with Crippen molar-refractivity contribution in [2.45, 2.75) is 13.3 Å². The number of hydrogen-bond donors (Lipinski definition) is 1. The van der Waals surface area contributed by atoms with Crippen molar-refractivity contribution >= 4 is 23.6 Å². The van der Waals surface area contributed by atoms with Gasteiger partial charge in [-0.25, -0.2) is 14.8 Å². The maximum Gasteiger partial charge on any atom is 0.335 e. The Bertz CT molecular complexity index is 774. The Hall–Kier alpha value is -3.20. The van der Waals surface area contributed by atoms with E-state index in [1.165, 1.54) is 12.1 Å². The maximum absolute atomic E-state index is 10.9. The lowest BCUT2D eigenvalue weighted by atomic mass is 10.0. The minimum atomic E-state index is -0.996. The van der Waals surface area contributed by atoms with Gasteiger partial charge in [-0.2, -0.15) is 5.26 Å². The summed E-state index contributed by atoms with van der Waals surface area (Å²) in [6.07, 6.45) is 6.01.